The summed E-state index contributed by atoms with van der Waals surface area (Å²) < 4.78 is 0. The first-order valence-corrected chi connectivity index (χ1v) is 11.0. The van der Waals surface area contributed by atoms with Gasteiger partial charge in [0.2, 0.25) is 0 Å². The topological polar surface area (TPSA) is 55.8 Å². The Morgan fingerprint density at radius 3 is 2.61 bits per heavy atom. The summed E-state index contributed by atoms with van der Waals surface area (Å²) in [5.41, 5.74) is 4.75. The van der Waals surface area contributed by atoms with Gasteiger partial charge in [-0.2, -0.15) is 0 Å². The summed E-state index contributed by atoms with van der Waals surface area (Å²) >= 11 is 0. The molecule has 2 rings (SSSR count). The first-order chi connectivity index (χ1) is 13.0. The third-order valence-electron chi connectivity index (χ3n) is 6.90. The molecule has 160 valence electrons. The molecular formula is C24H40O4. The highest BCUT2D eigenvalue weighted by Crippen LogP contribution is 2.42. The van der Waals surface area contributed by atoms with Crippen molar-refractivity contribution in [3.05, 3.63) is 22.8 Å². The predicted octanol–water partition coefficient (Wildman–Crippen LogP) is 6.61. The molecule has 4 nitrogen and oxygen atoms in total. The zero-order valence-corrected chi connectivity index (χ0v) is 18.8. The summed E-state index contributed by atoms with van der Waals surface area (Å²) in [6, 6.07) is 0. The number of carboxylic acids is 1. The molecule has 4 heteroatoms. The number of allylic oxidation sites excluding steroid dienone is 4. The van der Waals surface area contributed by atoms with Crippen molar-refractivity contribution < 1.29 is 19.7 Å². The zero-order valence-electron chi connectivity index (χ0n) is 18.8. The van der Waals surface area contributed by atoms with Gasteiger partial charge in [-0.25, -0.2) is 9.78 Å². The quantitative estimate of drug-likeness (QED) is 0.373. The molecule has 0 saturated carbocycles. The molecule has 0 unspecified atom stereocenters. The van der Waals surface area contributed by atoms with Crippen LogP contribution in [0, 0.1) is 11.3 Å². The minimum Gasteiger partial charge on any atom is -0.481 e. The van der Waals surface area contributed by atoms with Crippen LogP contribution in [0.2, 0.25) is 0 Å². The van der Waals surface area contributed by atoms with Crippen LogP contribution in [0.3, 0.4) is 0 Å². The van der Waals surface area contributed by atoms with Gasteiger partial charge in [-0.3, -0.25) is 4.79 Å². The molecule has 0 aromatic carbocycles. The van der Waals surface area contributed by atoms with Crippen molar-refractivity contribution in [2.24, 2.45) is 11.3 Å². The van der Waals surface area contributed by atoms with Crippen molar-refractivity contribution in [3.8, 4) is 0 Å². The van der Waals surface area contributed by atoms with E-state index in [9.17, 15) is 4.79 Å². The Morgan fingerprint density at radius 1 is 1.32 bits per heavy atom. The van der Waals surface area contributed by atoms with Gasteiger partial charge in [-0.1, -0.05) is 36.6 Å². The maximum absolute atomic E-state index is 11.1. The second-order valence-electron chi connectivity index (χ2n) is 9.92. The number of carboxylic acid groups (broad SMARTS) is 1. The molecule has 28 heavy (non-hydrogen) atoms. The first-order valence-electron chi connectivity index (χ1n) is 11.0. The minimum absolute atomic E-state index is 0.323. The second-order valence-corrected chi connectivity index (χ2v) is 9.92. The number of carbonyl (C=O) groups is 1. The Balaban J connectivity index is 1.79. The highest BCUT2D eigenvalue weighted by Gasteiger charge is 2.37. The summed E-state index contributed by atoms with van der Waals surface area (Å²) in [4.78, 5) is 22.2. The van der Waals surface area contributed by atoms with Gasteiger partial charge in [0.15, 0.2) is 0 Å². The third-order valence-corrected chi connectivity index (χ3v) is 6.90. The number of hydrogen-bond donors (Lipinski definition) is 1. The number of rotatable bonds is 8. The fraction of sp³-hybridized carbons (Fsp3) is 0.792. The van der Waals surface area contributed by atoms with Gasteiger partial charge in [-0.05, 0) is 90.9 Å². The molecule has 1 N–H and O–H groups in total. The Kier molecular flexibility index (Phi) is 7.92. The average Bonchev–Trinajstić information content (AvgIpc) is 2.60. The normalized spacial score (nSPS) is 29.6. The molecule has 0 radical (unpaired) electrons. The molecule has 1 fully saturated rings. The highest BCUT2D eigenvalue weighted by molar-refractivity contribution is 5.70. The van der Waals surface area contributed by atoms with E-state index in [1.54, 1.807) is 18.1 Å². The van der Waals surface area contributed by atoms with Crippen LogP contribution >= 0.6 is 0 Å². The van der Waals surface area contributed by atoms with Crippen LogP contribution in [0.5, 0.6) is 0 Å². The van der Waals surface area contributed by atoms with Crippen LogP contribution in [-0.2, 0) is 14.6 Å². The lowest BCUT2D eigenvalue weighted by atomic mass is 9.71. The smallest absolute Gasteiger partial charge is 0.308 e. The summed E-state index contributed by atoms with van der Waals surface area (Å²) in [6.45, 7) is 13.1. The van der Waals surface area contributed by atoms with Crippen LogP contribution in [-0.4, -0.2) is 22.8 Å². The van der Waals surface area contributed by atoms with E-state index in [4.69, 9.17) is 14.9 Å². The van der Waals surface area contributed by atoms with Gasteiger partial charge < -0.3 is 5.11 Å². The lowest BCUT2D eigenvalue weighted by Gasteiger charge is -2.37. The molecule has 0 amide bonds. The number of hydrogen-bond acceptors (Lipinski definition) is 3. The molecule has 1 aliphatic heterocycles. The lowest BCUT2D eigenvalue weighted by molar-refractivity contribution is -0.411. The SMILES string of the molecule is CC(=CCC[C@]1(C)CC[C@H]([C@@H](C)C(=O)O)OO1)CCC1=C(C)CCCC1(C)C. The van der Waals surface area contributed by atoms with E-state index in [2.05, 4.69) is 40.7 Å². The van der Waals surface area contributed by atoms with Crippen molar-refractivity contribution in [1.82, 2.24) is 0 Å². The maximum Gasteiger partial charge on any atom is 0.308 e. The van der Waals surface area contributed by atoms with Crippen LogP contribution < -0.4 is 0 Å². The fourth-order valence-electron chi connectivity index (χ4n) is 4.65. The zero-order chi connectivity index (χ0) is 20.9. The molecule has 0 aromatic heterocycles. The monoisotopic (exact) mass is 392 g/mol. The molecule has 2 aliphatic rings. The van der Waals surface area contributed by atoms with Crippen molar-refractivity contribution >= 4 is 5.97 Å². The molecular weight excluding hydrogens is 352 g/mol. The van der Waals surface area contributed by atoms with Crippen LogP contribution in [0.25, 0.3) is 0 Å². The van der Waals surface area contributed by atoms with E-state index in [0.29, 0.717) is 5.41 Å². The van der Waals surface area contributed by atoms with Gasteiger partial charge in [0, 0.05) is 0 Å². The van der Waals surface area contributed by atoms with Crippen molar-refractivity contribution in [2.45, 2.75) is 111 Å². The van der Waals surface area contributed by atoms with Crippen LogP contribution in [0.15, 0.2) is 22.8 Å². The van der Waals surface area contributed by atoms with Gasteiger partial charge in [-0.15, -0.1) is 0 Å². The van der Waals surface area contributed by atoms with E-state index in [-0.39, 0.29) is 11.7 Å². The molecule has 0 bridgehead atoms. The molecule has 1 saturated heterocycles. The average molecular weight is 393 g/mol. The molecule has 0 spiro atoms. The van der Waals surface area contributed by atoms with E-state index >= 15 is 0 Å². The van der Waals surface area contributed by atoms with Gasteiger partial charge >= 0.3 is 5.97 Å². The van der Waals surface area contributed by atoms with Crippen LogP contribution in [0.1, 0.15) is 99.3 Å². The van der Waals surface area contributed by atoms with Crippen molar-refractivity contribution in [2.75, 3.05) is 0 Å². The predicted molar refractivity (Wildman–Crippen MR) is 113 cm³/mol. The summed E-state index contributed by atoms with van der Waals surface area (Å²) in [7, 11) is 0. The van der Waals surface area contributed by atoms with Gasteiger partial charge in [0.1, 0.15) is 11.7 Å². The van der Waals surface area contributed by atoms with Crippen molar-refractivity contribution in [3.63, 3.8) is 0 Å². The standard InChI is InChI=1S/C24H40O4/c1-17(11-12-20-18(2)10-8-14-23(20,4)5)9-7-15-24(6)16-13-21(27-28-24)19(3)22(25)26/h9,19,21H,7-8,10-16H2,1-6H3,(H,25,26)/t19-,21-,24-/m1/s1. The highest BCUT2D eigenvalue weighted by atomic mass is 17.2. The van der Waals surface area contributed by atoms with Crippen LogP contribution in [0.4, 0.5) is 0 Å². The Labute approximate surface area is 171 Å². The van der Waals surface area contributed by atoms with E-state index in [0.717, 1.165) is 32.1 Å². The summed E-state index contributed by atoms with van der Waals surface area (Å²) in [5.74, 6) is -1.37. The van der Waals surface area contributed by atoms with E-state index in [1.165, 1.54) is 31.3 Å². The maximum atomic E-state index is 11.1. The summed E-state index contributed by atoms with van der Waals surface area (Å²) in [5, 5.41) is 9.11. The van der Waals surface area contributed by atoms with Crippen molar-refractivity contribution in [1.29, 1.82) is 0 Å². The Bertz CT molecular complexity index is 606. The number of aliphatic carboxylic acids is 1. The van der Waals surface area contributed by atoms with Gasteiger partial charge in [0.05, 0.1) is 5.92 Å². The molecule has 3 atom stereocenters. The largest absolute Gasteiger partial charge is 0.481 e. The third kappa shape index (κ3) is 6.18. The fourth-order valence-corrected chi connectivity index (χ4v) is 4.65. The Hall–Kier alpha value is -1.13. The second kappa shape index (κ2) is 9.58. The van der Waals surface area contributed by atoms with E-state index in [1.807, 2.05) is 0 Å². The van der Waals surface area contributed by atoms with E-state index < -0.39 is 11.9 Å². The Morgan fingerprint density at radius 2 is 2.04 bits per heavy atom. The molecule has 1 heterocycles. The minimum atomic E-state index is -0.831. The lowest BCUT2D eigenvalue weighted by Crippen LogP contribution is -2.41. The first kappa shape index (κ1) is 23.2. The summed E-state index contributed by atoms with van der Waals surface area (Å²) in [6.07, 6.45) is 11.6. The molecule has 1 aliphatic carbocycles. The molecule has 0 aromatic rings. The van der Waals surface area contributed by atoms with Gasteiger partial charge in [0.25, 0.3) is 0 Å².